The second-order valence-corrected chi connectivity index (χ2v) is 5.84. The molecule has 0 spiro atoms. The van der Waals surface area contributed by atoms with Crippen molar-refractivity contribution in [3.63, 3.8) is 0 Å². The summed E-state index contributed by atoms with van der Waals surface area (Å²) in [6.07, 6.45) is 0.420. The van der Waals surface area contributed by atoms with Crippen LogP contribution in [0.1, 0.15) is 27.4 Å². The van der Waals surface area contributed by atoms with E-state index >= 15 is 0 Å². The highest BCUT2D eigenvalue weighted by Crippen LogP contribution is 2.24. The van der Waals surface area contributed by atoms with Gasteiger partial charge in [-0.05, 0) is 36.2 Å². The molecule has 0 saturated heterocycles. The Morgan fingerprint density at radius 1 is 1.33 bits per heavy atom. The Labute approximate surface area is 138 Å². The van der Waals surface area contributed by atoms with Gasteiger partial charge in [0.25, 0.3) is 5.91 Å². The van der Waals surface area contributed by atoms with E-state index in [0.29, 0.717) is 12.2 Å². The van der Waals surface area contributed by atoms with Crippen LogP contribution in [0.3, 0.4) is 0 Å². The number of aliphatic hydroxyl groups is 1. The first-order chi connectivity index (χ1) is 11.4. The van der Waals surface area contributed by atoms with Gasteiger partial charge in [0.2, 0.25) is 5.78 Å². The van der Waals surface area contributed by atoms with Crippen molar-refractivity contribution in [2.45, 2.75) is 13.3 Å². The highest BCUT2D eigenvalue weighted by atomic mass is 19.1. The number of aliphatic hydroxyl groups excluding tert-OH is 1. The summed E-state index contributed by atoms with van der Waals surface area (Å²) in [5.74, 6) is -1.26. The number of nitrogens with zero attached hydrogens (tertiary/aromatic N) is 1. The Kier molecular flexibility index (Phi) is 3.97. The molecule has 2 heterocycles. The number of rotatable bonds is 4. The van der Waals surface area contributed by atoms with Crippen LogP contribution in [0.5, 0.6) is 0 Å². The van der Waals surface area contributed by atoms with Gasteiger partial charge in [0.15, 0.2) is 11.5 Å². The average molecular weight is 329 g/mol. The van der Waals surface area contributed by atoms with Gasteiger partial charge in [-0.3, -0.25) is 9.59 Å². The second-order valence-electron chi connectivity index (χ2n) is 5.84. The van der Waals surface area contributed by atoms with Crippen molar-refractivity contribution in [3.8, 4) is 0 Å². The highest BCUT2D eigenvalue weighted by Gasteiger charge is 2.33. The van der Waals surface area contributed by atoms with Crippen LogP contribution in [0.15, 0.2) is 46.1 Å². The van der Waals surface area contributed by atoms with Gasteiger partial charge in [0, 0.05) is 13.5 Å². The van der Waals surface area contributed by atoms with Crippen LogP contribution in [0.4, 0.5) is 4.39 Å². The molecule has 1 N–H and O–H groups in total. The van der Waals surface area contributed by atoms with E-state index in [4.69, 9.17) is 4.42 Å². The lowest BCUT2D eigenvalue weighted by Crippen LogP contribution is -2.22. The molecule has 1 amide bonds. The van der Waals surface area contributed by atoms with E-state index in [2.05, 4.69) is 0 Å². The van der Waals surface area contributed by atoms with Gasteiger partial charge in [-0.1, -0.05) is 12.1 Å². The highest BCUT2D eigenvalue weighted by molar-refractivity contribution is 6.14. The number of halogens is 1. The van der Waals surface area contributed by atoms with E-state index in [0.717, 1.165) is 11.1 Å². The Bertz CT molecular complexity index is 848. The summed E-state index contributed by atoms with van der Waals surface area (Å²) in [4.78, 5) is 25.3. The molecule has 1 aromatic heterocycles. The third-order valence-electron chi connectivity index (χ3n) is 4.03. The molecule has 1 aromatic carbocycles. The van der Waals surface area contributed by atoms with Gasteiger partial charge in [-0.2, -0.15) is 0 Å². The average Bonchev–Trinajstić information content (AvgIpc) is 3.04. The molecule has 0 radical (unpaired) electrons. The van der Waals surface area contributed by atoms with Gasteiger partial charge in [-0.25, -0.2) is 4.39 Å². The molecule has 0 bridgehead atoms. The van der Waals surface area contributed by atoms with Gasteiger partial charge in [0.05, 0.1) is 12.1 Å². The number of hydrogen-bond donors (Lipinski definition) is 1. The van der Waals surface area contributed by atoms with E-state index in [9.17, 15) is 19.1 Å². The van der Waals surface area contributed by atoms with E-state index in [-0.39, 0.29) is 23.7 Å². The number of benzene rings is 1. The van der Waals surface area contributed by atoms with Gasteiger partial charge < -0.3 is 14.4 Å². The van der Waals surface area contributed by atoms with Gasteiger partial charge >= 0.3 is 0 Å². The predicted molar refractivity (Wildman–Crippen MR) is 84.3 cm³/mol. The molecule has 124 valence electrons. The maximum absolute atomic E-state index is 13.0. The molecular weight excluding hydrogens is 313 g/mol. The monoisotopic (exact) mass is 329 g/mol. The second kappa shape index (κ2) is 5.96. The molecule has 0 atom stereocenters. The molecule has 0 unspecified atom stereocenters. The van der Waals surface area contributed by atoms with Crippen molar-refractivity contribution in [2.75, 3.05) is 13.6 Å². The normalized spacial score (nSPS) is 14.6. The van der Waals surface area contributed by atoms with E-state index in [1.807, 2.05) is 0 Å². The van der Waals surface area contributed by atoms with E-state index in [1.165, 1.54) is 24.1 Å². The molecule has 3 rings (SSSR count). The Morgan fingerprint density at radius 3 is 2.58 bits per heavy atom. The van der Waals surface area contributed by atoms with Crippen LogP contribution in [-0.4, -0.2) is 35.3 Å². The minimum atomic E-state index is -0.576. The minimum Gasteiger partial charge on any atom is -0.503 e. The summed E-state index contributed by atoms with van der Waals surface area (Å²) in [6, 6.07) is 7.62. The summed E-state index contributed by atoms with van der Waals surface area (Å²) in [5.41, 5.74) is 1.66. The fourth-order valence-corrected chi connectivity index (χ4v) is 2.62. The number of Topliss-reactive ketones (excluding diaryl/α,β-unsaturated/α-hetero) is 1. The smallest absolute Gasteiger partial charge is 0.289 e. The van der Waals surface area contributed by atoms with Crippen LogP contribution in [0, 0.1) is 12.7 Å². The van der Waals surface area contributed by atoms with Crippen molar-refractivity contribution in [1.82, 2.24) is 4.90 Å². The van der Waals surface area contributed by atoms with Crippen molar-refractivity contribution in [2.24, 2.45) is 0 Å². The van der Waals surface area contributed by atoms with Crippen LogP contribution >= 0.6 is 0 Å². The van der Waals surface area contributed by atoms with Crippen LogP contribution < -0.4 is 0 Å². The summed E-state index contributed by atoms with van der Waals surface area (Å²) in [5, 5.41) is 9.79. The Morgan fingerprint density at radius 2 is 2.00 bits per heavy atom. The summed E-state index contributed by atoms with van der Waals surface area (Å²) in [7, 11) is 1.51. The number of carbonyl (C=O) groups excluding carboxylic acids is 2. The molecule has 24 heavy (non-hydrogen) atoms. The number of furan rings is 1. The number of carbonyl (C=O) groups is 2. The number of likely N-dealkylation sites (N-methyl/N-ethyl adjacent to an activating group) is 1. The Hall–Kier alpha value is -2.89. The SMILES string of the molecule is Cc1cc(C(=O)C2=C(O)C(=O)N(C)C2)oc1Cc1ccc(F)cc1. The standard InChI is InChI=1S/C18H16FNO4/c1-10-7-15(16(21)13-9-20(2)18(23)17(13)22)24-14(10)8-11-3-5-12(19)6-4-11/h3-7,22H,8-9H2,1-2H3. The molecule has 0 aliphatic carbocycles. The molecule has 6 heteroatoms. The summed E-state index contributed by atoms with van der Waals surface area (Å²) < 4.78 is 18.6. The maximum Gasteiger partial charge on any atom is 0.289 e. The first kappa shape index (κ1) is 16.0. The van der Waals surface area contributed by atoms with E-state index < -0.39 is 17.4 Å². The fourth-order valence-electron chi connectivity index (χ4n) is 2.62. The molecule has 1 aliphatic heterocycles. The number of ketones is 1. The fraction of sp³-hybridized carbons (Fsp3) is 0.222. The molecule has 5 nitrogen and oxygen atoms in total. The first-order valence-electron chi connectivity index (χ1n) is 7.43. The van der Waals surface area contributed by atoms with E-state index in [1.54, 1.807) is 25.1 Å². The molecular formula is C18H16FNO4. The molecule has 1 aliphatic rings. The van der Waals surface area contributed by atoms with Crippen molar-refractivity contribution >= 4 is 11.7 Å². The maximum atomic E-state index is 13.0. The largest absolute Gasteiger partial charge is 0.503 e. The zero-order chi connectivity index (χ0) is 17.4. The number of hydrogen-bond acceptors (Lipinski definition) is 4. The van der Waals surface area contributed by atoms with Crippen molar-refractivity contribution in [1.29, 1.82) is 0 Å². The lowest BCUT2D eigenvalue weighted by molar-refractivity contribution is -0.126. The van der Waals surface area contributed by atoms with Crippen LogP contribution in [0.25, 0.3) is 0 Å². The Balaban J connectivity index is 1.85. The first-order valence-corrected chi connectivity index (χ1v) is 7.43. The molecule has 0 fully saturated rings. The van der Waals surface area contributed by atoms with Gasteiger partial charge in [0.1, 0.15) is 11.6 Å². The van der Waals surface area contributed by atoms with Crippen LogP contribution in [-0.2, 0) is 11.2 Å². The summed E-state index contributed by atoms with van der Waals surface area (Å²) >= 11 is 0. The zero-order valence-corrected chi connectivity index (χ0v) is 13.3. The number of amides is 1. The van der Waals surface area contributed by atoms with Gasteiger partial charge in [-0.15, -0.1) is 0 Å². The minimum absolute atomic E-state index is 0.0320. The summed E-state index contributed by atoms with van der Waals surface area (Å²) in [6.45, 7) is 1.86. The lowest BCUT2D eigenvalue weighted by atomic mass is 10.1. The zero-order valence-electron chi connectivity index (χ0n) is 13.3. The molecule has 2 aromatic rings. The van der Waals surface area contributed by atoms with Crippen molar-refractivity contribution in [3.05, 3.63) is 70.1 Å². The predicted octanol–water partition coefficient (Wildman–Crippen LogP) is 2.78. The number of aryl methyl sites for hydroxylation is 1. The third-order valence-corrected chi connectivity index (χ3v) is 4.03. The third kappa shape index (κ3) is 2.82. The van der Waals surface area contributed by atoms with Crippen molar-refractivity contribution < 1.29 is 23.5 Å². The molecule has 0 saturated carbocycles. The quantitative estimate of drug-likeness (QED) is 0.876. The topological polar surface area (TPSA) is 70.8 Å². The lowest BCUT2D eigenvalue weighted by Gasteiger charge is -2.06. The van der Waals surface area contributed by atoms with Crippen LogP contribution in [0.2, 0.25) is 0 Å².